The van der Waals surface area contributed by atoms with Crippen LogP contribution in [0.1, 0.15) is 26.3 Å². The van der Waals surface area contributed by atoms with E-state index in [2.05, 4.69) is 5.32 Å². The molecule has 3 nitrogen and oxygen atoms in total. The highest BCUT2D eigenvalue weighted by atomic mass is 19.4. The second kappa shape index (κ2) is 6.00. The van der Waals surface area contributed by atoms with Gasteiger partial charge >= 0.3 is 6.18 Å². The van der Waals surface area contributed by atoms with Crippen LogP contribution in [-0.2, 0) is 11.0 Å². The van der Waals surface area contributed by atoms with Gasteiger partial charge in [0.2, 0.25) is 0 Å². The number of hydrogen-bond donors (Lipinski definition) is 1. The minimum Gasteiger partial charge on any atom is -0.360 e. The number of carbonyl (C=O) groups excluding carboxylic acids is 1. The highest BCUT2D eigenvalue weighted by Gasteiger charge is 2.30. The second-order valence-electron chi connectivity index (χ2n) is 5.47. The monoisotopic (exact) mass is 296 g/mol. The molecule has 0 saturated carbocycles. The van der Waals surface area contributed by atoms with Crippen LogP contribution in [0.25, 0.3) is 0 Å². The predicted molar refractivity (Wildman–Crippen MR) is 73.2 cm³/mol. The fourth-order valence-electron chi connectivity index (χ4n) is 1.49. The second-order valence-corrected chi connectivity index (χ2v) is 5.47. The summed E-state index contributed by atoms with van der Waals surface area (Å²) < 4.78 is 37.7. The van der Waals surface area contributed by atoms with Gasteiger partial charge in [-0.15, -0.1) is 0 Å². The molecule has 0 aliphatic carbocycles. The molecule has 112 valence electrons. The number of allylic oxidation sites excluding steroid dienone is 1. The number of benzene rings is 1. The summed E-state index contributed by atoms with van der Waals surface area (Å²) in [7, 11) is 0. The molecule has 0 aliphatic heterocycles. The molecule has 0 fully saturated rings. The van der Waals surface area contributed by atoms with Gasteiger partial charge in [-0.3, -0.25) is 4.79 Å². The molecular formula is C15H15F3N2O. The smallest absolute Gasteiger partial charge is 0.360 e. The van der Waals surface area contributed by atoms with Crippen molar-refractivity contribution in [3.63, 3.8) is 0 Å². The molecule has 21 heavy (non-hydrogen) atoms. The number of carbonyl (C=O) groups is 1. The summed E-state index contributed by atoms with van der Waals surface area (Å²) in [6.07, 6.45) is -3.32. The van der Waals surface area contributed by atoms with Gasteiger partial charge in [0, 0.05) is 17.3 Å². The van der Waals surface area contributed by atoms with E-state index in [-0.39, 0.29) is 17.0 Å². The zero-order chi connectivity index (χ0) is 16.3. The zero-order valence-corrected chi connectivity index (χ0v) is 11.9. The topological polar surface area (TPSA) is 52.9 Å². The molecule has 0 radical (unpaired) electrons. The zero-order valence-electron chi connectivity index (χ0n) is 11.9. The van der Waals surface area contributed by atoms with E-state index in [4.69, 9.17) is 5.26 Å². The fourth-order valence-corrected chi connectivity index (χ4v) is 1.49. The van der Waals surface area contributed by atoms with Crippen LogP contribution in [0.2, 0.25) is 0 Å². The van der Waals surface area contributed by atoms with Gasteiger partial charge in [-0.05, 0) is 18.2 Å². The Morgan fingerprint density at radius 3 is 2.38 bits per heavy atom. The van der Waals surface area contributed by atoms with Crippen molar-refractivity contribution in [2.45, 2.75) is 26.9 Å². The Bertz CT molecular complexity index is 605. The lowest BCUT2D eigenvalue weighted by atomic mass is 9.87. The highest BCUT2D eigenvalue weighted by molar-refractivity contribution is 6.02. The molecule has 0 atom stereocenters. The van der Waals surface area contributed by atoms with Crippen molar-refractivity contribution in [3.05, 3.63) is 41.6 Å². The first-order valence-corrected chi connectivity index (χ1v) is 6.14. The van der Waals surface area contributed by atoms with Crippen LogP contribution in [0.3, 0.4) is 0 Å². The van der Waals surface area contributed by atoms with Gasteiger partial charge in [-0.25, -0.2) is 0 Å². The lowest BCUT2D eigenvalue weighted by Gasteiger charge is -2.15. The molecule has 0 bridgehead atoms. The van der Waals surface area contributed by atoms with Crippen LogP contribution in [0.4, 0.5) is 18.9 Å². The van der Waals surface area contributed by atoms with Gasteiger partial charge in [-0.1, -0.05) is 26.8 Å². The maximum absolute atomic E-state index is 12.6. The predicted octanol–water partition coefficient (Wildman–Crippen LogP) is 4.14. The number of nitriles is 1. The van der Waals surface area contributed by atoms with Crippen molar-refractivity contribution in [1.29, 1.82) is 5.26 Å². The third-order valence-corrected chi connectivity index (χ3v) is 2.62. The Morgan fingerprint density at radius 1 is 1.29 bits per heavy atom. The number of ketones is 1. The molecule has 1 rings (SSSR count). The molecule has 0 amide bonds. The van der Waals surface area contributed by atoms with Crippen molar-refractivity contribution in [3.8, 4) is 6.07 Å². The van der Waals surface area contributed by atoms with Gasteiger partial charge in [0.25, 0.3) is 0 Å². The van der Waals surface area contributed by atoms with E-state index < -0.39 is 17.2 Å². The molecule has 0 heterocycles. The maximum Gasteiger partial charge on any atom is 0.416 e. The number of rotatable bonds is 3. The first-order chi connectivity index (χ1) is 9.55. The van der Waals surface area contributed by atoms with Crippen molar-refractivity contribution < 1.29 is 18.0 Å². The number of nitrogens with one attached hydrogen (secondary N) is 1. The Balaban J connectivity index is 2.99. The summed E-state index contributed by atoms with van der Waals surface area (Å²) in [5.74, 6) is -0.385. The van der Waals surface area contributed by atoms with Gasteiger partial charge in [-0.2, -0.15) is 18.4 Å². The summed E-state index contributed by atoms with van der Waals surface area (Å²) >= 11 is 0. The number of anilines is 1. The lowest BCUT2D eigenvalue weighted by molar-refractivity contribution is -0.137. The highest BCUT2D eigenvalue weighted by Crippen LogP contribution is 2.30. The number of halogens is 3. The number of nitrogens with zero attached hydrogens (tertiary/aromatic N) is 1. The molecule has 1 N–H and O–H groups in total. The molecule has 0 spiro atoms. The summed E-state index contributed by atoms with van der Waals surface area (Å²) in [5, 5.41) is 11.5. The Morgan fingerprint density at radius 2 is 1.90 bits per heavy atom. The average Bonchev–Trinajstić information content (AvgIpc) is 2.37. The maximum atomic E-state index is 12.6. The van der Waals surface area contributed by atoms with Crippen LogP contribution in [0.15, 0.2) is 36.0 Å². The van der Waals surface area contributed by atoms with E-state index in [0.717, 1.165) is 18.3 Å². The van der Waals surface area contributed by atoms with Crippen molar-refractivity contribution in [1.82, 2.24) is 0 Å². The normalized spacial score (nSPS) is 12.7. The molecular weight excluding hydrogens is 281 g/mol. The van der Waals surface area contributed by atoms with Crippen molar-refractivity contribution in [2.24, 2.45) is 5.41 Å². The standard InChI is InChI=1S/C15H15F3N2O/c1-14(2,3)13(21)10(8-19)9-20-12-6-4-5-11(7-12)15(16,17)18/h4-7,9,20H,1-3H3. The molecule has 0 saturated heterocycles. The van der Waals surface area contributed by atoms with Crippen LogP contribution < -0.4 is 5.32 Å². The minimum absolute atomic E-state index is 0.139. The molecule has 1 aromatic rings. The first-order valence-electron chi connectivity index (χ1n) is 6.14. The molecule has 6 heteroatoms. The van der Waals surface area contributed by atoms with E-state index >= 15 is 0 Å². The Labute approximate surface area is 121 Å². The fraction of sp³-hybridized carbons (Fsp3) is 0.333. The van der Waals surface area contributed by atoms with Gasteiger partial charge in [0.15, 0.2) is 5.78 Å². The third-order valence-electron chi connectivity index (χ3n) is 2.62. The van der Waals surface area contributed by atoms with E-state index in [1.54, 1.807) is 26.8 Å². The third kappa shape index (κ3) is 4.63. The van der Waals surface area contributed by atoms with E-state index in [9.17, 15) is 18.0 Å². The summed E-state index contributed by atoms with van der Waals surface area (Å²) in [6.45, 7) is 4.97. The Hall–Kier alpha value is -2.29. The molecule has 1 aromatic carbocycles. The van der Waals surface area contributed by atoms with Gasteiger partial charge in [0.1, 0.15) is 11.6 Å². The average molecular weight is 296 g/mol. The van der Waals surface area contributed by atoms with Crippen molar-refractivity contribution in [2.75, 3.05) is 5.32 Å². The number of Topliss-reactive ketones (excluding diaryl/α,β-unsaturated/α-hetero) is 1. The molecule has 0 aromatic heterocycles. The number of hydrogen-bond acceptors (Lipinski definition) is 3. The van der Waals surface area contributed by atoms with E-state index in [1.165, 1.54) is 12.1 Å². The minimum atomic E-state index is -4.44. The summed E-state index contributed by atoms with van der Waals surface area (Å²) in [5.41, 5.74) is -1.53. The van der Waals surface area contributed by atoms with E-state index in [1.807, 2.05) is 0 Å². The Kier molecular flexibility index (Phi) is 4.79. The lowest BCUT2D eigenvalue weighted by Crippen LogP contribution is -2.22. The quantitative estimate of drug-likeness (QED) is 0.673. The van der Waals surface area contributed by atoms with Crippen LogP contribution in [0.5, 0.6) is 0 Å². The molecule has 0 unspecified atom stereocenters. The first kappa shape index (κ1) is 16.8. The van der Waals surface area contributed by atoms with Crippen LogP contribution >= 0.6 is 0 Å². The van der Waals surface area contributed by atoms with Gasteiger partial charge in [0.05, 0.1) is 5.56 Å². The molecule has 0 aliphatic rings. The SMILES string of the molecule is CC(C)(C)C(=O)C(C#N)=CNc1cccc(C(F)(F)F)c1. The number of alkyl halides is 3. The van der Waals surface area contributed by atoms with Crippen LogP contribution in [0, 0.1) is 16.7 Å². The van der Waals surface area contributed by atoms with E-state index in [0.29, 0.717) is 0 Å². The van der Waals surface area contributed by atoms with Crippen molar-refractivity contribution >= 4 is 11.5 Å². The van der Waals surface area contributed by atoms with Gasteiger partial charge < -0.3 is 5.32 Å². The summed E-state index contributed by atoms with van der Waals surface area (Å²) in [6, 6.07) is 6.27. The van der Waals surface area contributed by atoms with Crippen LogP contribution in [-0.4, -0.2) is 5.78 Å². The summed E-state index contributed by atoms with van der Waals surface area (Å²) in [4.78, 5) is 11.9. The largest absolute Gasteiger partial charge is 0.416 e.